The molecule has 1 saturated heterocycles. The van der Waals surface area contributed by atoms with Crippen LogP contribution in [0.2, 0.25) is 0 Å². The van der Waals surface area contributed by atoms with E-state index < -0.39 is 0 Å². The van der Waals surface area contributed by atoms with Crippen molar-refractivity contribution in [2.45, 2.75) is 63.2 Å². The van der Waals surface area contributed by atoms with Gasteiger partial charge in [0.25, 0.3) is 0 Å². The number of unbranched alkanes of at least 4 members (excludes halogenated alkanes) is 3. The van der Waals surface area contributed by atoms with Gasteiger partial charge in [0.15, 0.2) is 0 Å². The van der Waals surface area contributed by atoms with E-state index in [4.69, 9.17) is 4.74 Å². The summed E-state index contributed by atoms with van der Waals surface area (Å²) in [4.78, 5) is 0. The molecule has 0 spiro atoms. The summed E-state index contributed by atoms with van der Waals surface area (Å²) in [6, 6.07) is 0. The fourth-order valence-electron chi connectivity index (χ4n) is 2.29. The van der Waals surface area contributed by atoms with Gasteiger partial charge >= 0.3 is 0 Å². The predicted octanol–water partition coefficient (Wildman–Crippen LogP) is 2.82. The van der Waals surface area contributed by atoms with Crippen molar-refractivity contribution in [3.05, 3.63) is 0 Å². The molecule has 1 aliphatic heterocycles. The van der Waals surface area contributed by atoms with Crippen LogP contribution >= 0.6 is 11.8 Å². The lowest BCUT2D eigenvalue weighted by Crippen LogP contribution is -2.35. The maximum Gasteiger partial charge on any atom is 0.0897 e. The quantitative estimate of drug-likeness (QED) is 0.574. The Kier molecular flexibility index (Phi) is 10.9. The summed E-state index contributed by atoms with van der Waals surface area (Å²) in [5, 5.41) is 13.9. The van der Waals surface area contributed by atoms with Crippen LogP contribution in [0.1, 0.15) is 51.9 Å². The van der Waals surface area contributed by atoms with Gasteiger partial charge in [0.1, 0.15) is 0 Å². The molecule has 0 bridgehead atoms. The third-order valence-electron chi connectivity index (χ3n) is 3.48. The molecule has 1 rings (SSSR count). The van der Waals surface area contributed by atoms with Crippen LogP contribution in [0.4, 0.5) is 0 Å². The van der Waals surface area contributed by atoms with Crippen LogP contribution in [0, 0.1) is 0 Å². The highest BCUT2D eigenvalue weighted by molar-refractivity contribution is 7.99. The van der Waals surface area contributed by atoms with Crippen LogP contribution in [0.3, 0.4) is 0 Å². The van der Waals surface area contributed by atoms with E-state index in [0.717, 1.165) is 24.8 Å². The predicted molar refractivity (Wildman–Crippen MR) is 83.9 cm³/mol. The number of aliphatic hydroxyl groups excluding tert-OH is 1. The fourth-order valence-corrected chi connectivity index (χ4v) is 3.56. The first-order chi connectivity index (χ1) is 9.33. The van der Waals surface area contributed by atoms with Gasteiger partial charge in [-0.15, -0.1) is 0 Å². The Hall–Kier alpha value is 0.230. The summed E-state index contributed by atoms with van der Waals surface area (Å²) < 4.78 is 5.49. The van der Waals surface area contributed by atoms with Crippen molar-refractivity contribution in [1.29, 1.82) is 0 Å². The van der Waals surface area contributed by atoms with E-state index in [1.165, 1.54) is 44.3 Å². The Bertz CT molecular complexity index is 199. The first kappa shape index (κ1) is 17.3. The van der Waals surface area contributed by atoms with Gasteiger partial charge in [-0.05, 0) is 25.0 Å². The highest BCUT2D eigenvalue weighted by Crippen LogP contribution is 2.24. The molecule has 0 aromatic carbocycles. The zero-order valence-electron chi connectivity index (χ0n) is 12.4. The zero-order chi connectivity index (χ0) is 13.8. The molecule has 1 heterocycles. The van der Waals surface area contributed by atoms with E-state index in [0.29, 0.717) is 13.2 Å². The Morgan fingerprint density at radius 3 is 2.95 bits per heavy atom. The third-order valence-corrected chi connectivity index (χ3v) is 4.88. The minimum atomic E-state index is -0.361. The molecule has 3 nitrogen and oxygen atoms in total. The largest absolute Gasteiger partial charge is 0.389 e. The normalized spacial score (nSPS) is 21.5. The molecule has 1 aliphatic rings. The van der Waals surface area contributed by atoms with Crippen molar-refractivity contribution in [2.24, 2.45) is 0 Å². The lowest BCUT2D eigenvalue weighted by molar-refractivity contribution is 0.0355. The van der Waals surface area contributed by atoms with Crippen LogP contribution < -0.4 is 5.32 Å². The smallest absolute Gasteiger partial charge is 0.0897 e. The number of hydrogen-bond acceptors (Lipinski definition) is 4. The first-order valence-corrected chi connectivity index (χ1v) is 8.96. The molecule has 0 radical (unpaired) electrons. The number of hydrogen-bond donors (Lipinski definition) is 2. The second kappa shape index (κ2) is 12.0. The second-order valence-electron chi connectivity index (χ2n) is 5.44. The molecule has 0 amide bonds. The Morgan fingerprint density at radius 1 is 1.32 bits per heavy atom. The molecule has 2 unspecified atom stereocenters. The van der Waals surface area contributed by atoms with E-state index >= 15 is 0 Å². The van der Waals surface area contributed by atoms with Crippen molar-refractivity contribution < 1.29 is 9.84 Å². The fraction of sp³-hybridized carbons (Fsp3) is 1.00. The van der Waals surface area contributed by atoms with Gasteiger partial charge in [0.2, 0.25) is 0 Å². The molecule has 19 heavy (non-hydrogen) atoms. The van der Waals surface area contributed by atoms with Crippen LogP contribution in [-0.4, -0.2) is 48.5 Å². The maximum absolute atomic E-state index is 9.79. The summed E-state index contributed by atoms with van der Waals surface area (Å²) in [5.74, 6) is 1.30. The molecule has 114 valence electrons. The molecular formula is C15H31NO2S. The second-order valence-corrected chi connectivity index (χ2v) is 6.84. The zero-order valence-corrected chi connectivity index (χ0v) is 13.2. The van der Waals surface area contributed by atoms with Crippen LogP contribution in [0.25, 0.3) is 0 Å². The summed E-state index contributed by atoms with van der Waals surface area (Å²) in [6.07, 6.45) is 8.59. The Labute approximate surface area is 122 Å². The highest BCUT2D eigenvalue weighted by atomic mass is 32.2. The summed E-state index contributed by atoms with van der Waals surface area (Å²) in [6.45, 7) is 5.15. The number of ether oxygens (including phenoxy) is 1. The lowest BCUT2D eigenvalue weighted by Gasteiger charge is -2.22. The third kappa shape index (κ3) is 9.72. The van der Waals surface area contributed by atoms with Gasteiger partial charge in [0, 0.05) is 24.9 Å². The molecule has 0 aliphatic carbocycles. The van der Waals surface area contributed by atoms with Gasteiger partial charge in [0.05, 0.1) is 12.7 Å². The summed E-state index contributed by atoms with van der Waals surface area (Å²) in [7, 11) is 0. The van der Waals surface area contributed by atoms with Crippen LogP contribution in [0.15, 0.2) is 0 Å². The lowest BCUT2D eigenvalue weighted by atomic mass is 10.2. The van der Waals surface area contributed by atoms with Gasteiger partial charge in [-0.25, -0.2) is 0 Å². The SMILES string of the molecule is CCCCCCOCC(O)CNCC1CCCCS1. The maximum atomic E-state index is 9.79. The van der Waals surface area contributed by atoms with E-state index in [-0.39, 0.29) is 6.10 Å². The topological polar surface area (TPSA) is 41.5 Å². The number of thioether (sulfide) groups is 1. The molecule has 2 N–H and O–H groups in total. The van der Waals surface area contributed by atoms with Gasteiger partial charge in [-0.3, -0.25) is 0 Å². The standard InChI is InChI=1S/C15H31NO2S/c1-2-3-4-6-9-18-13-14(17)11-16-12-15-8-5-7-10-19-15/h14-17H,2-13H2,1H3. The van der Waals surface area contributed by atoms with E-state index in [9.17, 15) is 5.11 Å². The number of aliphatic hydroxyl groups is 1. The molecule has 4 heteroatoms. The number of rotatable bonds is 11. The van der Waals surface area contributed by atoms with Crippen LogP contribution in [-0.2, 0) is 4.74 Å². The summed E-state index contributed by atoms with van der Waals surface area (Å²) in [5.41, 5.74) is 0. The van der Waals surface area contributed by atoms with Crippen molar-refractivity contribution in [3.8, 4) is 0 Å². The Morgan fingerprint density at radius 2 is 2.21 bits per heavy atom. The highest BCUT2D eigenvalue weighted by Gasteiger charge is 2.13. The minimum Gasteiger partial charge on any atom is -0.389 e. The van der Waals surface area contributed by atoms with Crippen molar-refractivity contribution in [1.82, 2.24) is 5.32 Å². The average molecular weight is 289 g/mol. The van der Waals surface area contributed by atoms with Crippen molar-refractivity contribution in [3.63, 3.8) is 0 Å². The van der Waals surface area contributed by atoms with Crippen molar-refractivity contribution in [2.75, 3.05) is 32.1 Å². The summed E-state index contributed by atoms with van der Waals surface area (Å²) >= 11 is 2.07. The minimum absolute atomic E-state index is 0.361. The molecule has 0 saturated carbocycles. The molecular weight excluding hydrogens is 258 g/mol. The van der Waals surface area contributed by atoms with Crippen molar-refractivity contribution >= 4 is 11.8 Å². The molecule has 2 atom stereocenters. The van der Waals surface area contributed by atoms with E-state index in [1.54, 1.807) is 0 Å². The van der Waals surface area contributed by atoms with Crippen LogP contribution in [0.5, 0.6) is 0 Å². The van der Waals surface area contributed by atoms with E-state index in [2.05, 4.69) is 24.0 Å². The monoisotopic (exact) mass is 289 g/mol. The first-order valence-electron chi connectivity index (χ1n) is 7.91. The molecule has 0 aromatic heterocycles. The van der Waals surface area contributed by atoms with Gasteiger partial charge < -0.3 is 15.2 Å². The molecule has 0 aromatic rings. The van der Waals surface area contributed by atoms with Gasteiger partial charge in [-0.1, -0.05) is 32.6 Å². The average Bonchev–Trinajstić information content (AvgIpc) is 2.44. The van der Waals surface area contributed by atoms with E-state index in [1.807, 2.05) is 0 Å². The molecule has 1 fully saturated rings. The van der Waals surface area contributed by atoms with Gasteiger partial charge in [-0.2, -0.15) is 11.8 Å². The Balaban J connectivity index is 1.85. The number of nitrogens with one attached hydrogen (secondary N) is 1.